The Kier molecular flexibility index (Phi) is 3.66. The van der Waals surface area contributed by atoms with Crippen LogP contribution in [0.1, 0.15) is 16.7 Å². The third kappa shape index (κ3) is 2.78. The van der Waals surface area contributed by atoms with E-state index in [1.807, 2.05) is 0 Å². The number of hydrogen-bond donors (Lipinski definition) is 1. The zero-order valence-corrected chi connectivity index (χ0v) is 9.90. The minimum Gasteiger partial charge on any atom is -0.431 e. The van der Waals surface area contributed by atoms with Gasteiger partial charge in [-0.05, 0) is 35.4 Å². The second-order valence-corrected chi connectivity index (χ2v) is 4.50. The lowest BCUT2D eigenvalue weighted by molar-refractivity contribution is 0.589. The predicted molar refractivity (Wildman–Crippen MR) is 62.6 cm³/mol. The fourth-order valence-electron chi connectivity index (χ4n) is 1.65. The Hall–Kier alpha value is -1.52. The molecule has 0 unspecified atom stereocenters. The molecular formula is C13H10F2OSi. The first-order chi connectivity index (χ1) is 8.20. The van der Waals surface area contributed by atoms with Crippen molar-refractivity contribution in [1.82, 2.24) is 0 Å². The Labute approximate surface area is 101 Å². The third-order valence-electron chi connectivity index (χ3n) is 2.54. The molecule has 0 aliphatic rings. The van der Waals surface area contributed by atoms with Crippen LogP contribution in [0.25, 0.3) is 0 Å². The van der Waals surface area contributed by atoms with Crippen molar-refractivity contribution in [2.24, 2.45) is 0 Å². The molecule has 2 aromatic carbocycles. The topological polar surface area (TPSA) is 20.2 Å². The predicted octanol–water partition coefficient (Wildman–Crippen LogP) is 2.67. The average molecular weight is 248 g/mol. The summed E-state index contributed by atoms with van der Waals surface area (Å²) in [6.45, 7) is 0. The lowest BCUT2D eigenvalue weighted by Gasteiger charge is -2.13. The second kappa shape index (κ2) is 5.20. The standard InChI is InChI=1S/C13H10F2OSi/c14-11-5-1-9(2-6-11)13(17-16)10-3-7-12(15)8-4-10/h1-8,13,16H. The fourth-order valence-corrected chi connectivity index (χ4v) is 2.34. The zero-order valence-electron chi connectivity index (χ0n) is 8.90. The van der Waals surface area contributed by atoms with Gasteiger partial charge in [0.1, 0.15) is 11.6 Å². The van der Waals surface area contributed by atoms with Crippen molar-refractivity contribution in [3.8, 4) is 0 Å². The SMILES string of the molecule is O[Si]C(c1ccc(F)cc1)c1ccc(F)cc1. The maximum atomic E-state index is 12.8. The van der Waals surface area contributed by atoms with Gasteiger partial charge < -0.3 is 4.80 Å². The van der Waals surface area contributed by atoms with Gasteiger partial charge in [0.05, 0.1) is 0 Å². The van der Waals surface area contributed by atoms with E-state index in [0.29, 0.717) is 0 Å². The first-order valence-corrected chi connectivity index (χ1v) is 6.13. The zero-order chi connectivity index (χ0) is 12.3. The minimum absolute atomic E-state index is 0.226. The molecule has 2 aromatic rings. The highest BCUT2D eigenvalue weighted by atomic mass is 28.2. The van der Waals surface area contributed by atoms with Gasteiger partial charge in [-0.25, -0.2) is 8.78 Å². The summed E-state index contributed by atoms with van der Waals surface area (Å²) in [5, 5.41) is 0. The van der Waals surface area contributed by atoms with Crippen molar-refractivity contribution in [2.75, 3.05) is 0 Å². The maximum Gasteiger partial charge on any atom is 0.237 e. The average Bonchev–Trinajstić information content (AvgIpc) is 2.35. The van der Waals surface area contributed by atoms with E-state index < -0.39 is 0 Å². The van der Waals surface area contributed by atoms with Gasteiger partial charge in [0.2, 0.25) is 9.76 Å². The highest BCUT2D eigenvalue weighted by Gasteiger charge is 2.14. The Morgan fingerprint density at radius 1 is 0.765 bits per heavy atom. The number of halogens is 2. The van der Waals surface area contributed by atoms with Crippen molar-refractivity contribution >= 4 is 9.76 Å². The van der Waals surface area contributed by atoms with E-state index in [9.17, 15) is 13.6 Å². The van der Waals surface area contributed by atoms with E-state index in [4.69, 9.17) is 0 Å². The smallest absolute Gasteiger partial charge is 0.237 e. The van der Waals surface area contributed by atoms with Crippen molar-refractivity contribution in [3.63, 3.8) is 0 Å². The van der Waals surface area contributed by atoms with Gasteiger partial charge in [0.15, 0.2) is 0 Å². The molecule has 0 heterocycles. The van der Waals surface area contributed by atoms with Crippen LogP contribution in [0, 0.1) is 11.6 Å². The molecule has 0 spiro atoms. The molecule has 1 N–H and O–H groups in total. The van der Waals surface area contributed by atoms with E-state index >= 15 is 0 Å². The molecule has 1 nitrogen and oxygen atoms in total. The van der Waals surface area contributed by atoms with Gasteiger partial charge in [-0.1, -0.05) is 24.3 Å². The molecule has 2 rings (SSSR count). The van der Waals surface area contributed by atoms with Crippen LogP contribution < -0.4 is 0 Å². The second-order valence-electron chi connectivity index (χ2n) is 3.67. The molecular weight excluding hydrogens is 238 g/mol. The van der Waals surface area contributed by atoms with Gasteiger partial charge in [-0.2, -0.15) is 0 Å². The molecule has 2 radical (unpaired) electrons. The summed E-state index contributed by atoms with van der Waals surface area (Å²) in [6, 6.07) is 11.9. The van der Waals surface area contributed by atoms with Crippen LogP contribution in [-0.4, -0.2) is 14.6 Å². The Morgan fingerprint density at radius 3 is 1.41 bits per heavy atom. The summed E-state index contributed by atoms with van der Waals surface area (Å²) in [6.07, 6.45) is 0. The number of hydrogen-bond acceptors (Lipinski definition) is 1. The fraction of sp³-hybridized carbons (Fsp3) is 0.0769. The summed E-state index contributed by atoms with van der Waals surface area (Å²) in [7, 11) is -0.348. The Morgan fingerprint density at radius 2 is 1.12 bits per heavy atom. The number of rotatable bonds is 3. The van der Waals surface area contributed by atoms with Gasteiger partial charge >= 0.3 is 0 Å². The summed E-state index contributed by atoms with van der Waals surface area (Å²) >= 11 is 0. The van der Waals surface area contributed by atoms with Crippen LogP contribution >= 0.6 is 0 Å². The van der Waals surface area contributed by atoms with Crippen molar-refractivity contribution in [2.45, 2.75) is 5.54 Å². The van der Waals surface area contributed by atoms with Gasteiger partial charge in [-0.3, -0.25) is 0 Å². The van der Waals surface area contributed by atoms with Crippen molar-refractivity contribution in [1.29, 1.82) is 0 Å². The van der Waals surface area contributed by atoms with Crippen LogP contribution in [0.3, 0.4) is 0 Å². The van der Waals surface area contributed by atoms with E-state index in [1.165, 1.54) is 24.3 Å². The van der Waals surface area contributed by atoms with E-state index in [1.54, 1.807) is 24.3 Å². The largest absolute Gasteiger partial charge is 0.431 e. The molecule has 0 bridgehead atoms. The Bertz CT molecular complexity index is 436. The van der Waals surface area contributed by atoms with Crippen LogP contribution in [0.4, 0.5) is 8.78 Å². The van der Waals surface area contributed by atoms with Crippen molar-refractivity contribution in [3.05, 3.63) is 71.3 Å². The van der Waals surface area contributed by atoms with Crippen LogP contribution in [-0.2, 0) is 0 Å². The van der Waals surface area contributed by atoms with E-state index in [-0.39, 0.29) is 26.9 Å². The van der Waals surface area contributed by atoms with Crippen LogP contribution in [0.2, 0.25) is 0 Å². The van der Waals surface area contributed by atoms with Crippen molar-refractivity contribution < 1.29 is 13.6 Å². The molecule has 17 heavy (non-hydrogen) atoms. The molecule has 4 heteroatoms. The van der Waals surface area contributed by atoms with Crippen LogP contribution in [0.5, 0.6) is 0 Å². The van der Waals surface area contributed by atoms with Gasteiger partial charge in [-0.15, -0.1) is 0 Å². The summed E-state index contributed by atoms with van der Waals surface area (Å²) < 4.78 is 25.6. The van der Waals surface area contributed by atoms with E-state index in [0.717, 1.165) is 11.1 Å². The minimum atomic E-state index is -0.348. The monoisotopic (exact) mass is 248 g/mol. The third-order valence-corrected chi connectivity index (χ3v) is 3.46. The molecule has 0 aromatic heterocycles. The molecule has 86 valence electrons. The molecule has 0 saturated carbocycles. The first kappa shape index (κ1) is 11.9. The van der Waals surface area contributed by atoms with Gasteiger partial charge in [0.25, 0.3) is 0 Å². The Balaban J connectivity index is 2.33. The van der Waals surface area contributed by atoms with E-state index in [2.05, 4.69) is 0 Å². The summed E-state index contributed by atoms with van der Waals surface area (Å²) in [5.74, 6) is -0.624. The normalized spacial score (nSPS) is 10.8. The summed E-state index contributed by atoms with van der Waals surface area (Å²) in [5.41, 5.74) is 1.41. The molecule has 0 aliphatic carbocycles. The molecule has 0 atom stereocenters. The highest BCUT2D eigenvalue weighted by molar-refractivity contribution is 6.29. The molecule has 0 saturated heterocycles. The molecule has 0 amide bonds. The molecule has 0 aliphatic heterocycles. The first-order valence-electron chi connectivity index (χ1n) is 5.11. The lowest BCUT2D eigenvalue weighted by Crippen LogP contribution is -2.09. The molecule has 0 fully saturated rings. The van der Waals surface area contributed by atoms with Gasteiger partial charge in [0, 0.05) is 5.54 Å². The highest BCUT2D eigenvalue weighted by Crippen LogP contribution is 2.23. The number of benzene rings is 2. The quantitative estimate of drug-likeness (QED) is 0.828. The summed E-state index contributed by atoms with van der Waals surface area (Å²) in [4.78, 5) is 9.41. The maximum absolute atomic E-state index is 12.8. The van der Waals surface area contributed by atoms with Crippen LogP contribution in [0.15, 0.2) is 48.5 Å². The lowest BCUT2D eigenvalue weighted by atomic mass is 10.0.